The van der Waals surface area contributed by atoms with E-state index in [9.17, 15) is 19.8 Å². The van der Waals surface area contributed by atoms with Crippen molar-refractivity contribution in [2.24, 2.45) is 5.92 Å². The summed E-state index contributed by atoms with van der Waals surface area (Å²) in [4.78, 5) is 23.9. The molecule has 1 aliphatic heterocycles. The maximum Gasteiger partial charge on any atom is 0.303 e. The van der Waals surface area contributed by atoms with Crippen LogP contribution in [0.2, 0.25) is 0 Å². The minimum Gasteiger partial charge on any atom is -0.504 e. The highest BCUT2D eigenvalue weighted by molar-refractivity contribution is 5.98. The van der Waals surface area contributed by atoms with Gasteiger partial charge in [0.1, 0.15) is 0 Å². The maximum absolute atomic E-state index is 11.9. The molecule has 0 aromatic heterocycles. The Bertz CT molecular complexity index is 493. The molecule has 6 nitrogen and oxygen atoms in total. The number of carboxylic acids is 1. The van der Waals surface area contributed by atoms with Crippen LogP contribution >= 0.6 is 0 Å². The summed E-state index contributed by atoms with van der Waals surface area (Å²) < 4.78 is 0. The Kier molecular flexibility index (Phi) is 3.10. The van der Waals surface area contributed by atoms with Gasteiger partial charge >= 0.3 is 5.97 Å². The van der Waals surface area contributed by atoms with Crippen molar-refractivity contribution in [3.05, 3.63) is 23.8 Å². The Hall–Kier alpha value is -2.24. The highest BCUT2D eigenvalue weighted by Gasteiger charge is 2.33. The van der Waals surface area contributed by atoms with Gasteiger partial charge in [0.05, 0.1) is 12.0 Å². The summed E-state index contributed by atoms with van der Waals surface area (Å²) in [6.07, 6.45) is 0.0375. The molecular weight excluding hydrogens is 238 g/mol. The second kappa shape index (κ2) is 4.56. The lowest BCUT2D eigenvalue weighted by atomic mass is 9.95. The van der Waals surface area contributed by atoms with Crippen molar-refractivity contribution in [3.8, 4) is 11.5 Å². The summed E-state index contributed by atoms with van der Waals surface area (Å²) in [6.45, 7) is 0.723. The molecule has 1 heterocycles. The lowest BCUT2D eigenvalue weighted by Gasteiger charge is -2.38. The molecule has 1 aliphatic rings. The number of amides is 1. The van der Waals surface area contributed by atoms with Crippen molar-refractivity contribution in [1.29, 1.82) is 0 Å². The van der Waals surface area contributed by atoms with Crippen molar-refractivity contribution in [2.45, 2.75) is 6.42 Å². The third-order valence-electron chi connectivity index (χ3n) is 2.95. The quantitative estimate of drug-likeness (QED) is 0.685. The lowest BCUT2D eigenvalue weighted by Crippen LogP contribution is -2.50. The Balaban J connectivity index is 2.02. The van der Waals surface area contributed by atoms with Gasteiger partial charge < -0.3 is 20.2 Å². The zero-order valence-corrected chi connectivity index (χ0v) is 9.54. The topological polar surface area (TPSA) is 98.1 Å². The summed E-state index contributed by atoms with van der Waals surface area (Å²) in [6, 6.07) is 4.17. The summed E-state index contributed by atoms with van der Waals surface area (Å²) in [5.41, 5.74) is 0.0313. The molecule has 0 unspecified atom stereocenters. The fourth-order valence-electron chi connectivity index (χ4n) is 1.99. The van der Waals surface area contributed by atoms with Crippen LogP contribution in [0.5, 0.6) is 11.5 Å². The SMILES string of the molecule is O=C(O)CC1CN(C(=O)c2cccc(O)c2O)C1. The summed E-state index contributed by atoms with van der Waals surface area (Å²) in [5.74, 6) is -2.10. The van der Waals surface area contributed by atoms with Gasteiger partial charge in [0.15, 0.2) is 11.5 Å². The highest BCUT2D eigenvalue weighted by atomic mass is 16.4. The molecule has 6 heteroatoms. The number of phenolic OH excluding ortho intramolecular Hbond substituents is 2. The first kappa shape index (κ1) is 12.2. The van der Waals surface area contributed by atoms with Crippen molar-refractivity contribution in [2.75, 3.05) is 13.1 Å². The van der Waals surface area contributed by atoms with Crippen molar-refractivity contribution in [1.82, 2.24) is 4.90 Å². The first-order valence-corrected chi connectivity index (χ1v) is 5.51. The van der Waals surface area contributed by atoms with E-state index in [1.165, 1.54) is 23.1 Å². The molecule has 1 fully saturated rings. The third-order valence-corrected chi connectivity index (χ3v) is 2.95. The van der Waals surface area contributed by atoms with Gasteiger partial charge in [0.2, 0.25) is 0 Å². The molecule has 1 aromatic rings. The second-order valence-electron chi connectivity index (χ2n) is 4.35. The summed E-state index contributed by atoms with van der Waals surface area (Å²) in [7, 11) is 0. The lowest BCUT2D eigenvalue weighted by molar-refractivity contribution is -0.139. The average molecular weight is 251 g/mol. The molecule has 0 radical (unpaired) electrons. The smallest absolute Gasteiger partial charge is 0.303 e. The number of carbonyl (C=O) groups excluding carboxylic acids is 1. The van der Waals surface area contributed by atoms with Crippen molar-refractivity contribution in [3.63, 3.8) is 0 Å². The Morgan fingerprint density at radius 1 is 1.28 bits per heavy atom. The minimum absolute atomic E-state index is 0.0313. The molecule has 3 N–H and O–H groups in total. The molecule has 18 heavy (non-hydrogen) atoms. The van der Waals surface area contributed by atoms with E-state index in [4.69, 9.17) is 5.11 Å². The summed E-state index contributed by atoms with van der Waals surface area (Å²) in [5, 5.41) is 27.4. The molecule has 2 rings (SSSR count). The first-order valence-electron chi connectivity index (χ1n) is 5.51. The number of carbonyl (C=O) groups is 2. The van der Waals surface area contributed by atoms with E-state index in [2.05, 4.69) is 0 Å². The largest absolute Gasteiger partial charge is 0.504 e. The molecule has 0 bridgehead atoms. The van der Waals surface area contributed by atoms with Crippen LogP contribution in [0.15, 0.2) is 18.2 Å². The van der Waals surface area contributed by atoms with Gasteiger partial charge in [-0.25, -0.2) is 0 Å². The van der Waals surface area contributed by atoms with E-state index < -0.39 is 17.6 Å². The minimum atomic E-state index is -0.882. The molecule has 1 aromatic carbocycles. The molecule has 0 atom stereocenters. The number of hydrogen-bond donors (Lipinski definition) is 3. The zero-order valence-electron chi connectivity index (χ0n) is 9.54. The van der Waals surface area contributed by atoms with E-state index in [-0.39, 0.29) is 23.7 Å². The van der Waals surface area contributed by atoms with Gasteiger partial charge in [-0.3, -0.25) is 9.59 Å². The van der Waals surface area contributed by atoms with Gasteiger partial charge in [-0.1, -0.05) is 6.07 Å². The monoisotopic (exact) mass is 251 g/mol. The predicted octanol–water partition coefficient (Wildman–Crippen LogP) is 0.644. The number of likely N-dealkylation sites (tertiary alicyclic amines) is 1. The normalized spacial score (nSPS) is 15.2. The van der Waals surface area contributed by atoms with Crippen LogP contribution in [0.1, 0.15) is 16.8 Å². The Morgan fingerprint density at radius 3 is 2.56 bits per heavy atom. The number of aromatic hydroxyl groups is 2. The van der Waals surface area contributed by atoms with Gasteiger partial charge in [-0.2, -0.15) is 0 Å². The number of nitrogens with zero attached hydrogens (tertiary/aromatic N) is 1. The van der Waals surface area contributed by atoms with E-state index in [0.717, 1.165) is 0 Å². The number of benzene rings is 1. The van der Waals surface area contributed by atoms with Gasteiger partial charge in [-0.15, -0.1) is 0 Å². The first-order chi connectivity index (χ1) is 8.49. The van der Waals surface area contributed by atoms with Gasteiger partial charge in [0, 0.05) is 19.0 Å². The predicted molar refractivity (Wildman–Crippen MR) is 61.4 cm³/mol. The van der Waals surface area contributed by atoms with Crippen LogP contribution < -0.4 is 0 Å². The Labute approximate surface area is 103 Å². The molecule has 1 saturated heterocycles. The Morgan fingerprint density at radius 2 is 1.94 bits per heavy atom. The third kappa shape index (κ3) is 2.22. The molecule has 0 saturated carbocycles. The maximum atomic E-state index is 11.9. The summed E-state index contributed by atoms with van der Waals surface area (Å²) >= 11 is 0. The molecule has 96 valence electrons. The van der Waals surface area contributed by atoms with E-state index in [0.29, 0.717) is 13.1 Å². The van der Waals surface area contributed by atoms with Gasteiger partial charge in [0.25, 0.3) is 5.91 Å². The van der Waals surface area contributed by atoms with Crippen LogP contribution in [0, 0.1) is 5.92 Å². The van der Waals surface area contributed by atoms with Crippen LogP contribution in [-0.4, -0.2) is 45.2 Å². The van der Waals surface area contributed by atoms with Crippen LogP contribution in [0.25, 0.3) is 0 Å². The van der Waals surface area contributed by atoms with Crippen molar-refractivity contribution < 1.29 is 24.9 Å². The molecule has 0 aliphatic carbocycles. The fourth-order valence-corrected chi connectivity index (χ4v) is 1.99. The van der Waals surface area contributed by atoms with Crippen LogP contribution in [-0.2, 0) is 4.79 Å². The number of aliphatic carboxylic acids is 1. The highest BCUT2D eigenvalue weighted by Crippen LogP contribution is 2.31. The zero-order chi connectivity index (χ0) is 13.3. The fraction of sp³-hybridized carbons (Fsp3) is 0.333. The average Bonchev–Trinajstić information content (AvgIpc) is 2.25. The van der Waals surface area contributed by atoms with Gasteiger partial charge in [-0.05, 0) is 12.1 Å². The molecule has 1 amide bonds. The van der Waals surface area contributed by atoms with E-state index in [1.54, 1.807) is 0 Å². The van der Waals surface area contributed by atoms with E-state index in [1.807, 2.05) is 0 Å². The van der Waals surface area contributed by atoms with Crippen LogP contribution in [0.3, 0.4) is 0 Å². The van der Waals surface area contributed by atoms with Crippen LogP contribution in [0.4, 0.5) is 0 Å². The standard InChI is InChI=1S/C12H13NO5/c14-9-3-1-2-8(11(9)17)12(18)13-5-7(6-13)4-10(15)16/h1-3,7,14,17H,4-6H2,(H,15,16). The molecule has 0 spiro atoms. The number of hydrogen-bond acceptors (Lipinski definition) is 4. The van der Waals surface area contributed by atoms with E-state index >= 15 is 0 Å². The second-order valence-corrected chi connectivity index (χ2v) is 4.35. The number of phenols is 2. The number of rotatable bonds is 3. The molecular formula is C12H13NO5. The number of para-hydroxylation sites is 1. The number of carboxylic acid groups (broad SMARTS) is 1. The van der Waals surface area contributed by atoms with Crippen molar-refractivity contribution >= 4 is 11.9 Å².